The van der Waals surface area contributed by atoms with Gasteiger partial charge in [-0.3, -0.25) is 0 Å². The monoisotopic (exact) mass is 526 g/mol. The average Bonchev–Trinajstić information content (AvgIpc) is 3.36. The van der Waals surface area contributed by atoms with Crippen LogP contribution in [0.2, 0.25) is 0 Å². The zero-order chi connectivity index (χ0) is 26.6. The van der Waals surface area contributed by atoms with Crippen molar-refractivity contribution in [2.24, 2.45) is 0 Å². The fraction of sp³-hybridized carbons (Fsp3) is 0. The van der Waals surface area contributed by atoms with E-state index in [9.17, 15) is 5.26 Å². The lowest BCUT2D eigenvalue weighted by Crippen LogP contribution is -2.00. The number of nitrogens with zero attached hydrogens (tertiary/aromatic N) is 2. The van der Waals surface area contributed by atoms with Crippen LogP contribution in [-0.2, 0) is 0 Å². The van der Waals surface area contributed by atoms with E-state index in [4.69, 9.17) is 0 Å². The first-order valence-corrected chi connectivity index (χ1v) is 14.1. The quantitative estimate of drug-likeness (QED) is 0.229. The second kappa shape index (κ2) is 9.02. The minimum absolute atomic E-state index is 0.683. The maximum absolute atomic E-state index is 9.92. The van der Waals surface area contributed by atoms with Gasteiger partial charge < -0.3 is 4.57 Å². The van der Waals surface area contributed by atoms with Gasteiger partial charge in [-0.1, -0.05) is 103 Å². The largest absolute Gasteiger partial charge is 0.307 e. The minimum atomic E-state index is 0.683. The molecule has 0 fully saturated rings. The van der Waals surface area contributed by atoms with Gasteiger partial charge in [-0.05, 0) is 75.8 Å². The molecule has 0 atom stereocenters. The number of hydrogen-bond acceptors (Lipinski definition) is 2. The molecule has 0 aliphatic carbocycles. The summed E-state index contributed by atoms with van der Waals surface area (Å²) in [6.45, 7) is 0. The maximum Gasteiger partial charge on any atom is 0.0998 e. The predicted octanol–water partition coefficient (Wildman–Crippen LogP) is 10.1. The van der Waals surface area contributed by atoms with Gasteiger partial charge in [0.1, 0.15) is 0 Å². The number of hydrogen-bond donors (Lipinski definition) is 0. The molecule has 0 saturated carbocycles. The number of rotatable bonds is 3. The Morgan fingerprint density at radius 3 is 2.05 bits per heavy atom. The van der Waals surface area contributed by atoms with E-state index >= 15 is 0 Å². The van der Waals surface area contributed by atoms with Crippen molar-refractivity contribution in [2.45, 2.75) is 9.79 Å². The Balaban J connectivity index is 1.25. The van der Waals surface area contributed by atoms with Crippen molar-refractivity contribution < 1.29 is 0 Å². The number of aromatic nitrogens is 1. The third-order valence-electron chi connectivity index (χ3n) is 7.83. The highest BCUT2D eigenvalue weighted by atomic mass is 32.2. The lowest BCUT2D eigenvalue weighted by molar-refractivity contribution is 1.09. The van der Waals surface area contributed by atoms with Crippen molar-refractivity contribution in [3.8, 4) is 45.1 Å². The Kier molecular flexibility index (Phi) is 5.16. The molecule has 0 saturated heterocycles. The summed E-state index contributed by atoms with van der Waals surface area (Å²) in [7, 11) is 0. The van der Waals surface area contributed by atoms with Gasteiger partial charge in [0.15, 0.2) is 0 Å². The molecule has 6 aromatic carbocycles. The molecule has 0 spiro atoms. The van der Waals surface area contributed by atoms with Crippen molar-refractivity contribution in [1.82, 2.24) is 4.57 Å². The summed E-state index contributed by atoms with van der Waals surface area (Å²) >= 11 is 1.85. The third kappa shape index (κ3) is 3.51. The molecule has 1 aromatic heterocycles. The first kappa shape index (κ1) is 22.9. The molecule has 0 N–H and O–H groups in total. The van der Waals surface area contributed by atoms with Crippen LogP contribution in [0.25, 0.3) is 60.9 Å². The van der Waals surface area contributed by atoms with Crippen molar-refractivity contribution in [3.63, 3.8) is 0 Å². The van der Waals surface area contributed by atoms with E-state index in [0.717, 1.165) is 27.8 Å². The summed E-state index contributed by atoms with van der Waals surface area (Å²) in [5.74, 6) is 0. The summed E-state index contributed by atoms with van der Waals surface area (Å²) in [5, 5.41) is 12.5. The van der Waals surface area contributed by atoms with Crippen molar-refractivity contribution >= 4 is 33.6 Å². The normalized spacial score (nSPS) is 11.9. The van der Waals surface area contributed by atoms with E-state index in [1.54, 1.807) is 0 Å². The van der Waals surface area contributed by atoms with Crippen molar-refractivity contribution in [2.75, 3.05) is 0 Å². The number of para-hydroxylation sites is 2. The van der Waals surface area contributed by atoms with Crippen LogP contribution in [-0.4, -0.2) is 4.57 Å². The molecule has 1 aliphatic rings. The summed E-state index contributed by atoms with van der Waals surface area (Å²) in [5.41, 5.74) is 10.9. The SMILES string of the molecule is N#Cc1cc(-c2cccc(-c3ccc4c(c3)c3cccc5c3n4-c3ccccc3S5)c2)ccc1-c1ccccc1. The zero-order valence-corrected chi connectivity index (χ0v) is 22.3. The molecule has 186 valence electrons. The first-order chi connectivity index (χ1) is 19.8. The molecule has 8 rings (SSSR count). The fourth-order valence-corrected chi connectivity index (χ4v) is 7.05. The molecule has 0 unspecified atom stereocenters. The van der Waals surface area contributed by atoms with Gasteiger partial charge in [-0.25, -0.2) is 0 Å². The molecule has 0 bridgehead atoms. The molecular formula is C37H22N2S. The molecule has 2 heterocycles. The highest BCUT2D eigenvalue weighted by Gasteiger charge is 2.22. The van der Waals surface area contributed by atoms with E-state index in [0.29, 0.717) is 5.56 Å². The lowest BCUT2D eigenvalue weighted by atomic mass is 9.94. The van der Waals surface area contributed by atoms with Crippen LogP contribution in [0.5, 0.6) is 0 Å². The fourth-order valence-electron chi connectivity index (χ4n) is 5.96. The standard InChI is InChI=1S/C37H22N2S/c38-23-29-21-27(16-18-30(29)24-8-2-1-3-9-24)25-10-6-11-26(20-25)28-17-19-33-32(22-28)31-12-7-15-36-37(31)39(33)34-13-4-5-14-35(34)40-36/h1-22H. The van der Waals surface area contributed by atoms with E-state index in [1.807, 2.05) is 48.2 Å². The Morgan fingerprint density at radius 2 is 1.20 bits per heavy atom. The topological polar surface area (TPSA) is 28.7 Å². The molecule has 7 aromatic rings. The van der Waals surface area contributed by atoms with Crippen molar-refractivity contribution in [3.05, 3.63) is 139 Å². The summed E-state index contributed by atoms with van der Waals surface area (Å²) < 4.78 is 2.42. The summed E-state index contributed by atoms with van der Waals surface area (Å²) in [6.07, 6.45) is 0. The van der Waals surface area contributed by atoms with E-state index < -0.39 is 0 Å². The van der Waals surface area contributed by atoms with Crippen LogP contribution in [0, 0.1) is 11.3 Å². The molecule has 2 nitrogen and oxygen atoms in total. The molecule has 0 radical (unpaired) electrons. The minimum Gasteiger partial charge on any atom is -0.307 e. The molecule has 0 amide bonds. The summed E-state index contributed by atoms with van der Waals surface area (Å²) in [4.78, 5) is 2.58. The second-order valence-electron chi connectivity index (χ2n) is 10.1. The Hall–Kier alpha value is -5.04. The van der Waals surface area contributed by atoms with Crippen LogP contribution < -0.4 is 0 Å². The van der Waals surface area contributed by atoms with Crippen LogP contribution >= 0.6 is 11.8 Å². The van der Waals surface area contributed by atoms with Crippen molar-refractivity contribution in [1.29, 1.82) is 5.26 Å². The Labute approximate surface area is 236 Å². The zero-order valence-electron chi connectivity index (χ0n) is 21.5. The Bertz CT molecular complexity index is 2150. The highest BCUT2D eigenvalue weighted by Crippen LogP contribution is 2.47. The van der Waals surface area contributed by atoms with Gasteiger partial charge in [0, 0.05) is 20.6 Å². The maximum atomic E-state index is 9.92. The predicted molar refractivity (Wildman–Crippen MR) is 166 cm³/mol. The van der Waals surface area contributed by atoms with Crippen LogP contribution in [0.3, 0.4) is 0 Å². The van der Waals surface area contributed by atoms with Gasteiger partial charge in [-0.2, -0.15) is 5.26 Å². The van der Waals surface area contributed by atoms with E-state index in [-0.39, 0.29) is 0 Å². The first-order valence-electron chi connectivity index (χ1n) is 13.3. The van der Waals surface area contributed by atoms with Crippen LogP contribution in [0.4, 0.5) is 0 Å². The van der Waals surface area contributed by atoms with E-state index in [2.05, 4.69) is 108 Å². The smallest absolute Gasteiger partial charge is 0.0998 e. The number of benzene rings is 6. The van der Waals surface area contributed by atoms with Gasteiger partial charge in [-0.15, -0.1) is 0 Å². The molecule has 1 aliphatic heterocycles. The second-order valence-corrected chi connectivity index (χ2v) is 11.2. The van der Waals surface area contributed by atoms with Gasteiger partial charge in [0.05, 0.1) is 28.4 Å². The Morgan fingerprint density at radius 1 is 0.525 bits per heavy atom. The van der Waals surface area contributed by atoms with Gasteiger partial charge in [0.2, 0.25) is 0 Å². The lowest BCUT2D eigenvalue weighted by Gasteiger charge is -2.19. The average molecular weight is 527 g/mol. The van der Waals surface area contributed by atoms with Crippen LogP contribution in [0.1, 0.15) is 5.56 Å². The summed E-state index contributed by atoms with van der Waals surface area (Å²) in [6, 6.07) is 49.4. The molecule has 3 heteroatoms. The molecule has 40 heavy (non-hydrogen) atoms. The molecular weight excluding hydrogens is 504 g/mol. The third-order valence-corrected chi connectivity index (χ3v) is 8.94. The van der Waals surface area contributed by atoms with Crippen LogP contribution in [0.15, 0.2) is 143 Å². The number of nitriles is 1. The van der Waals surface area contributed by atoms with Gasteiger partial charge in [0.25, 0.3) is 0 Å². The van der Waals surface area contributed by atoms with E-state index in [1.165, 1.54) is 42.8 Å². The highest BCUT2D eigenvalue weighted by molar-refractivity contribution is 7.99. The number of fused-ring (bicyclic) bond motifs is 5. The van der Waals surface area contributed by atoms with Gasteiger partial charge >= 0.3 is 0 Å².